The molecule has 1 aromatic heterocycles. The molecule has 3 aromatic carbocycles. The maximum absolute atomic E-state index is 13.1. The molecule has 0 amide bonds. The Bertz CT molecular complexity index is 1010. The first-order valence-electron chi connectivity index (χ1n) is 7.60. The van der Waals surface area contributed by atoms with Gasteiger partial charge in [-0.3, -0.25) is 0 Å². The van der Waals surface area contributed by atoms with Crippen molar-refractivity contribution >= 4 is 22.6 Å². The number of aromatic nitrogens is 3. The van der Waals surface area contributed by atoms with E-state index in [0.29, 0.717) is 11.5 Å². The van der Waals surface area contributed by atoms with Crippen molar-refractivity contribution < 1.29 is 4.74 Å². The van der Waals surface area contributed by atoms with Gasteiger partial charge < -0.3 is 5.21 Å². The molecule has 4 rings (SSSR count). The van der Waals surface area contributed by atoms with Gasteiger partial charge in [0.25, 0.3) is 0 Å². The highest BCUT2D eigenvalue weighted by Gasteiger charge is 2.22. The Morgan fingerprint density at radius 1 is 0.792 bits per heavy atom. The first kappa shape index (κ1) is 14.1. The van der Waals surface area contributed by atoms with Crippen LogP contribution in [0.5, 0.6) is 0 Å². The topological polar surface area (TPSA) is 56.8 Å². The Morgan fingerprint density at radius 3 is 2.17 bits per heavy atom. The van der Waals surface area contributed by atoms with E-state index < -0.39 is 0 Å². The highest BCUT2D eigenvalue weighted by Crippen LogP contribution is 2.17. The fourth-order valence-corrected chi connectivity index (χ4v) is 2.62. The summed E-state index contributed by atoms with van der Waals surface area (Å²) >= 11 is 0. The Hall–Kier alpha value is -3.47. The lowest BCUT2D eigenvalue weighted by atomic mass is 10.2. The molecule has 4 aromatic rings. The number of hydrogen-bond donors (Lipinski definition) is 0. The van der Waals surface area contributed by atoms with Crippen LogP contribution in [0.1, 0.15) is 5.56 Å². The lowest BCUT2D eigenvalue weighted by Gasteiger charge is -2.13. The average molecular weight is 314 g/mol. The van der Waals surface area contributed by atoms with Crippen molar-refractivity contribution in [1.82, 2.24) is 15.0 Å². The molecule has 0 unspecified atom stereocenters. The Kier molecular flexibility index (Phi) is 3.51. The van der Waals surface area contributed by atoms with Crippen molar-refractivity contribution in [1.29, 1.82) is 0 Å². The lowest BCUT2D eigenvalue weighted by Crippen LogP contribution is -2.23. The van der Waals surface area contributed by atoms with Crippen LogP contribution in [0.15, 0.2) is 84.9 Å². The molecule has 0 spiro atoms. The zero-order valence-electron chi connectivity index (χ0n) is 12.8. The molecular formula is C19H14N4O. The minimum Gasteiger partial charge on any atom is -0.710 e. The number of benzene rings is 3. The SMILES string of the molecule is [O-]/[N+](=C(/c1ccccc1)n1nnc2ccccc21)c1ccccc1. The van der Waals surface area contributed by atoms with Crippen LogP contribution in [0.3, 0.4) is 0 Å². The molecule has 0 radical (unpaired) electrons. The van der Waals surface area contributed by atoms with E-state index >= 15 is 0 Å². The van der Waals surface area contributed by atoms with Crippen LogP contribution in [-0.4, -0.2) is 25.6 Å². The van der Waals surface area contributed by atoms with E-state index in [1.807, 2.05) is 72.8 Å². The number of nitrogens with zero attached hydrogens (tertiary/aromatic N) is 4. The Morgan fingerprint density at radius 2 is 1.42 bits per heavy atom. The molecule has 0 N–H and O–H groups in total. The van der Waals surface area contributed by atoms with E-state index in [-0.39, 0.29) is 0 Å². The average Bonchev–Trinajstić information content (AvgIpc) is 3.07. The van der Waals surface area contributed by atoms with Crippen molar-refractivity contribution in [2.45, 2.75) is 0 Å². The van der Waals surface area contributed by atoms with Crippen molar-refractivity contribution in [3.05, 3.63) is 95.7 Å². The van der Waals surface area contributed by atoms with Gasteiger partial charge in [-0.05, 0) is 36.4 Å². The van der Waals surface area contributed by atoms with Crippen molar-refractivity contribution in [3.63, 3.8) is 0 Å². The van der Waals surface area contributed by atoms with E-state index in [1.165, 1.54) is 0 Å². The van der Waals surface area contributed by atoms with Crippen LogP contribution in [-0.2, 0) is 0 Å². The molecule has 0 aliphatic heterocycles. The van der Waals surface area contributed by atoms with Gasteiger partial charge in [0.15, 0.2) is 5.52 Å². The van der Waals surface area contributed by atoms with Gasteiger partial charge in [0.2, 0.25) is 0 Å². The molecule has 24 heavy (non-hydrogen) atoms. The van der Waals surface area contributed by atoms with E-state index in [1.54, 1.807) is 16.8 Å². The quantitative estimate of drug-likeness (QED) is 0.187. The normalized spacial score (nSPS) is 12.2. The second kappa shape index (κ2) is 5.96. The Balaban J connectivity index is 2.02. The third-order valence-corrected chi connectivity index (χ3v) is 3.77. The summed E-state index contributed by atoms with van der Waals surface area (Å²) in [5.74, 6) is 0.413. The summed E-state index contributed by atoms with van der Waals surface area (Å²) in [4.78, 5) is 0. The number of fused-ring (bicyclic) bond motifs is 1. The van der Waals surface area contributed by atoms with E-state index in [0.717, 1.165) is 21.3 Å². The highest BCUT2D eigenvalue weighted by atomic mass is 16.5. The third-order valence-electron chi connectivity index (χ3n) is 3.77. The fraction of sp³-hybridized carbons (Fsp3) is 0. The lowest BCUT2D eigenvalue weighted by molar-refractivity contribution is -0.363. The van der Waals surface area contributed by atoms with Gasteiger partial charge in [0, 0.05) is 5.21 Å². The summed E-state index contributed by atoms with van der Waals surface area (Å²) in [6.45, 7) is 0. The molecule has 116 valence electrons. The molecule has 0 bridgehead atoms. The predicted octanol–water partition coefficient (Wildman–Crippen LogP) is 3.57. The summed E-state index contributed by atoms with van der Waals surface area (Å²) < 4.78 is 2.47. The summed E-state index contributed by atoms with van der Waals surface area (Å²) in [6.07, 6.45) is 0. The molecule has 5 nitrogen and oxygen atoms in total. The molecular weight excluding hydrogens is 300 g/mol. The van der Waals surface area contributed by atoms with Crippen molar-refractivity contribution in [2.24, 2.45) is 0 Å². The minimum atomic E-state index is 0.413. The second-order valence-corrected chi connectivity index (χ2v) is 5.31. The van der Waals surface area contributed by atoms with Gasteiger partial charge in [-0.15, -0.1) is 5.10 Å². The zero-order valence-corrected chi connectivity index (χ0v) is 12.8. The summed E-state index contributed by atoms with van der Waals surface area (Å²) in [5, 5.41) is 21.5. The van der Waals surface area contributed by atoms with E-state index in [2.05, 4.69) is 10.3 Å². The number of hydrogen-bond acceptors (Lipinski definition) is 3. The van der Waals surface area contributed by atoms with Gasteiger partial charge in [-0.25, -0.2) is 4.74 Å². The fourth-order valence-electron chi connectivity index (χ4n) is 2.62. The van der Waals surface area contributed by atoms with Crippen molar-refractivity contribution in [3.8, 4) is 0 Å². The van der Waals surface area contributed by atoms with Gasteiger partial charge in [0.05, 0.1) is 5.56 Å². The van der Waals surface area contributed by atoms with Gasteiger partial charge in [-0.2, -0.15) is 0 Å². The van der Waals surface area contributed by atoms with Gasteiger partial charge >= 0.3 is 5.84 Å². The summed E-state index contributed by atoms with van der Waals surface area (Å²) in [7, 11) is 0. The van der Waals surface area contributed by atoms with Crippen LogP contribution < -0.4 is 0 Å². The smallest absolute Gasteiger partial charge is 0.319 e. The van der Waals surface area contributed by atoms with E-state index in [4.69, 9.17) is 0 Å². The monoisotopic (exact) mass is 314 g/mol. The molecule has 5 heteroatoms. The Labute approximate surface area is 138 Å². The van der Waals surface area contributed by atoms with Crippen molar-refractivity contribution in [2.75, 3.05) is 0 Å². The molecule has 0 saturated heterocycles. The molecule has 0 aliphatic carbocycles. The highest BCUT2D eigenvalue weighted by molar-refractivity contribution is 6.01. The second-order valence-electron chi connectivity index (χ2n) is 5.31. The minimum absolute atomic E-state index is 0.413. The zero-order chi connectivity index (χ0) is 16.4. The maximum Gasteiger partial charge on any atom is 0.319 e. The summed E-state index contributed by atoms with van der Waals surface area (Å²) in [5.41, 5.74) is 2.84. The number of para-hydroxylation sites is 2. The number of rotatable bonds is 2. The third kappa shape index (κ3) is 2.42. The predicted molar refractivity (Wildman–Crippen MR) is 93.2 cm³/mol. The molecule has 0 atom stereocenters. The molecule has 1 heterocycles. The maximum atomic E-state index is 13.1. The van der Waals surface area contributed by atoms with Crippen LogP contribution in [0.25, 0.3) is 11.0 Å². The molecule has 0 fully saturated rings. The summed E-state index contributed by atoms with van der Waals surface area (Å²) in [6, 6.07) is 26.2. The standard InChI is InChI=1S/C19H14N4O/c24-23(16-11-5-2-6-12-16)19(15-9-3-1-4-10-15)22-18-14-8-7-13-17(18)20-21-22/h1-14H/b23-19-. The van der Waals surface area contributed by atoms with Gasteiger partial charge in [0.1, 0.15) is 11.2 Å². The van der Waals surface area contributed by atoms with Crippen LogP contribution in [0, 0.1) is 5.21 Å². The largest absolute Gasteiger partial charge is 0.710 e. The first-order chi connectivity index (χ1) is 11.8. The van der Waals surface area contributed by atoms with Gasteiger partial charge in [-0.1, -0.05) is 53.2 Å². The molecule has 0 saturated carbocycles. The van der Waals surface area contributed by atoms with Crippen LogP contribution in [0.2, 0.25) is 0 Å². The van der Waals surface area contributed by atoms with Crippen LogP contribution >= 0.6 is 0 Å². The van der Waals surface area contributed by atoms with E-state index in [9.17, 15) is 5.21 Å². The van der Waals surface area contributed by atoms with Crippen LogP contribution in [0.4, 0.5) is 5.69 Å². The molecule has 0 aliphatic rings. The first-order valence-corrected chi connectivity index (χ1v) is 7.60.